The van der Waals surface area contributed by atoms with E-state index < -0.39 is 0 Å². The van der Waals surface area contributed by atoms with Gasteiger partial charge in [0, 0.05) is 5.56 Å². The molecule has 4 aromatic rings. The lowest BCUT2D eigenvalue weighted by atomic mass is 9.96. The fraction of sp³-hybridized carbons (Fsp3) is 0.0476. The van der Waals surface area contributed by atoms with E-state index in [2.05, 4.69) is 41.7 Å². The van der Waals surface area contributed by atoms with Crippen LogP contribution in [0.3, 0.4) is 0 Å². The summed E-state index contributed by atoms with van der Waals surface area (Å²) < 4.78 is 5.92. The Bertz CT molecular complexity index is 1030. The summed E-state index contributed by atoms with van der Waals surface area (Å²) in [5, 5.41) is 0. The van der Waals surface area contributed by atoms with E-state index in [0.29, 0.717) is 11.5 Å². The van der Waals surface area contributed by atoms with E-state index >= 15 is 0 Å². The fourth-order valence-electron chi connectivity index (χ4n) is 2.87. The van der Waals surface area contributed by atoms with E-state index in [1.165, 1.54) is 11.1 Å². The van der Waals surface area contributed by atoms with Gasteiger partial charge in [-0.15, -0.1) is 0 Å². The zero-order chi connectivity index (χ0) is 16.5. The second kappa shape index (κ2) is 5.78. The van der Waals surface area contributed by atoms with Gasteiger partial charge < -0.3 is 4.42 Å². The standard InChI is InChI=1S/C21H16N2O/c1-3-16-12-19-20(13-22-16)24-21(23-19)18-11-7-10-17(14(18)2)15-8-5-4-6-9-15/h3-13H,1H2,2H3. The highest BCUT2D eigenvalue weighted by molar-refractivity contribution is 5.80. The number of hydrogen-bond acceptors (Lipinski definition) is 3. The lowest BCUT2D eigenvalue weighted by Crippen LogP contribution is -1.88. The minimum atomic E-state index is 0.614. The van der Waals surface area contributed by atoms with Crippen molar-refractivity contribution in [3.05, 3.63) is 78.6 Å². The minimum absolute atomic E-state index is 0.614. The Morgan fingerprint density at radius 1 is 1.00 bits per heavy atom. The molecule has 24 heavy (non-hydrogen) atoms. The highest BCUT2D eigenvalue weighted by Gasteiger charge is 2.13. The van der Waals surface area contributed by atoms with Gasteiger partial charge in [-0.1, -0.05) is 49.0 Å². The lowest BCUT2D eigenvalue weighted by molar-refractivity contribution is 0.618. The molecule has 2 aromatic carbocycles. The lowest BCUT2D eigenvalue weighted by Gasteiger charge is -2.09. The van der Waals surface area contributed by atoms with E-state index in [1.807, 2.05) is 36.4 Å². The van der Waals surface area contributed by atoms with E-state index in [1.54, 1.807) is 12.3 Å². The fourth-order valence-corrected chi connectivity index (χ4v) is 2.87. The monoisotopic (exact) mass is 312 g/mol. The summed E-state index contributed by atoms with van der Waals surface area (Å²) in [5.74, 6) is 0.614. The zero-order valence-electron chi connectivity index (χ0n) is 13.4. The van der Waals surface area contributed by atoms with Gasteiger partial charge in [0.2, 0.25) is 5.89 Å². The van der Waals surface area contributed by atoms with Gasteiger partial charge in [0.05, 0.1) is 11.9 Å². The minimum Gasteiger partial charge on any atom is -0.434 e. The van der Waals surface area contributed by atoms with E-state index in [-0.39, 0.29) is 0 Å². The number of aromatic nitrogens is 2. The average molecular weight is 312 g/mol. The van der Waals surface area contributed by atoms with Gasteiger partial charge in [-0.2, -0.15) is 0 Å². The number of oxazole rings is 1. The van der Waals surface area contributed by atoms with Crippen LogP contribution in [0, 0.1) is 6.92 Å². The molecule has 3 nitrogen and oxygen atoms in total. The number of nitrogens with zero attached hydrogens (tertiary/aromatic N) is 2. The molecule has 116 valence electrons. The van der Waals surface area contributed by atoms with Gasteiger partial charge in [0.25, 0.3) is 0 Å². The van der Waals surface area contributed by atoms with Crippen LogP contribution in [-0.4, -0.2) is 9.97 Å². The van der Waals surface area contributed by atoms with Crippen LogP contribution in [-0.2, 0) is 0 Å². The molecule has 0 saturated heterocycles. The van der Waals surface area contributed by atoms with Crippen molar-refractivity contribution >= 4 is 17.2 Å². The summed E-state index contributed by atoms with van der Waals surface area (Å²) in [5.41, 5.74) is 6.76. The molecule has 0 aliphatic rings. The average Bonchev–Trinajstić information content (AvgIpc) is 3.05. The van der Waals surface area contributed by atoms with Gasteiger partial charge in [-0.3, -0.25) is 4.98 Å². The van der Waals surface area contributed by atoms with Crippen molar-refractivity contribution in [2.45, 2.75) is 6.92 Å². The summed E-state index contributed by atoms with van der Waals surface area (Å²) in [7, 11) is 0. The molecule has 0 aliphatic heterocycles. The van der Waals surface area contributed by atoms with E-state index in [0.717, 1.165) is 22.3 Å². The Balaban J connectivity index is 1.86. The van der Waals surface area contributed by atoms with Crippen molar-refractivity contribution in [2.75, 3.05) is 0 Å². The quantitative estimate of drug-likeness (QED) is 0.501. The summed E-state index contributed by atoms with van der Waals surface area (Å²) in [6, 6.07) is 18.4. The Kier molecular flexibility index (Phi) is 3.47. The Morgan fingerprint density at radius 2 is 1.79 bits per heavy atom. The molecule has 0 spiro atoms. The molecule has 0 unspecified atom stereocenters. The molecule has 0 fully saturated rings. The Hall–Kier alpha value is -3.20. The molecule has 0 saturated carbocycles. The maximum absolute atomic E-state index is 5.92. The van der Waals surface area contributed by atoms with Crippen LogP contribution in [0.15, 0.2) is 71.8 Å². The summed E-state index contributed by atoms with van der Waals surface area (Å²) in [6.07, 6.45) is 3.40. The maximum Gasteiger partial charge on any atom is 0.227 e. The Morgan fingerprint density at radius 3 is 2.58 bits per heavy atom. The smallest absolute Gasteiger partial charge is 0.227 e. The molecule has 0 aliphatic carbocycles. The SMILES string of the molecule is C=Cc1cc2nc(-c3cccc(-c4ccccc4)c3C)oc2cn1. The first-order valence-electron chi connectivity index (χ1n) is 7.80. The molecule has 0 radical (unpaired) electrons. The van der Waals surface area contributed by atoms with Crippen LogP contribution < -0.4 is 0 Å². The number of pyridine rings is 1. The van der Waals surface area contributed by atoms with Gasteiger partial charge in [-0.25, -0.2) is 4.98 Å². The van der Waals surface area contributed by atoms with Crippen LogP contribution in [0.4, 0.5) is 0 Å². The predicted octanol–water partition coefficient (Wildman–Crippen LogP) is 5.51. The second-order valence-electron chi connectivity index (χ2n) is 5.64. The first kappa shape index (κ1) is 14.4. The second-order valence-corrected chi connectivity index (χ2v) is 5.64. The number of fused-ring (bicyclic) bond motifs is 1. The summed E-state index contributed by atoms with van der Waals surface area (Å²) in [6.45, 7) is 5.84. The van der Waals surface area contributed by atoms with Crippen molar-refractivity contribution in [1.82, 2.24) is 9.97 Å². The first-order chi connectivity index (χ1) is 11.8. The van der Waals surface area contributed by atoms with Crippen molar-refractivity contribution in [3.8, 4) is 22.6 Å². The third kappa shape index (κ3) is 2.40. The highest BCUT2D eigenvalue weighted by atomic mass is 16.3. The van der Waals surface area contributed by atoms with E-state index in [4.69, 9.17) is 4.42 Å². The summed E-state index contributed by atoms with van der Waals surface area (Å²) >= 11 is 0. The Labute approximate surface area is 140 Å². The zero-order valence-corrected chi connectivity index (χ0v) is 13.4. The molecule has 2 aromatic heterocycles. The van der Waals surface area contributed by atoms with Gasteiger partial charge >= 0.3 is 0 Å². The largest absolute Gasteiger partial charge is 0.434 e. The highest BCUT2D eigenvalue weighted by Crippen LogP contribution is 2.32. The predicted molar refractivity (Wildman–Crippen MR) is 97.5 cm³/mol. The van der Waals surface area contributed by atoms with Crippen LogP contribution in [0.2, 0.25) is 0 Å². The van der Waals surface area contributed by atoms with Crippen LogP contribution in [0.1, 0.15) is 11.3 Å². The molecule has 0 atom stereocenters. The summed E-state index contributed by atoms with van der Waals surface area (Å²) in [4.78, 5) is 8.90. The van der Waals surface area contributed by atoms with Crippen molar-refractivity contribution in [2.24, 2.45) is 0 Å². The number of hydrogen-bond donors (Lipinski definition) is 0. The molecule has 0 N–H and O–H groups in total. The van der Waals surface area contributed by atoms with Gasteiger partial charge in [0.1, 0.15) is 5.52 Å². The normalized spacial score (nSPS) is 10.9. The molecule has 0 amide bonds. The van der Waals surface area contributed by atoms with E-state index in [9.17, 15) is 0 Å². The molecular formula is C21H16N2O. The van der Waals surface area contributed by atoms with Crippen molar-refractivity contribution in [3.63, 3.8) is 0 Å². The third-order valence-electron chi connectivity index (χ3n) is 4.15. The third-order valence-corrected chi connectivity index (χ3v) is 4.15. The van der Waals surface area contributed by atoms with Gasteiger partial charge in [-0.05, 0) is 41.8 Å². The van der Waals surface area contributed by atoms with Crippen LogP contribution in [0.5, 0.6) is 0 Å². The van der Waals surface area contributed by atoms with Crippen LogP contribution >= 0.6 is 0 Å². The first-order valence-corrected chi connectivity index (χ1v) is 7.80. The van der Waals surface area contributed by atoms with Crippen molar-refractivity contribution < 1.29 is 4.42 Å². The topological polar surface area (TPSA) is 38.9 Å². The van der Waals surface area contributed by atoms with Crippen LogP contribution in [0.25, 0.3) is 39.8 Å². The maximum atomic E-state index is 5.92. The number of rotatable bonds is 3. The van der Waals surface area contributed by atoms with Crippen molar-refractivity contribution in [1.29, 1.82) is 0 Å². The van der Waals surface area contributed by atoms with Gasteiger partial charge in [0.15, 0.2) is 5.58 Å². The molecule has 0 bridgehead atoms. The molecular weight excluding hydrogens is 296 g/mol. The molecule has 4 rings (SSSR count). The molecule has 2 heterocycles. The number of benzene rings is 2. The molecule has 3 heteroatoms.